The minimum atomic E-state index is 0.148. The highest BCUT2D eigenvalue weighted by Crippen LogP contribution is 2.34. The number of hydrogen-bond acceptors (Lipinski definition) is 3. The molecule has 2 atom stereocenters. The van der Waals surface area contributed by atoms with Crippen molar-refractivity contribution >= 4 is 5.78 Å². The summed E-state index contributed by atoms with van der Waals surface area (Å²) in [7, 11) is 0. The van der Waals surface area contributed by atoms with Crippen LogP contribution >= 0.6 is 0 Å². The van der Waals surface area contributed by atoms with Gasteiger partial charge < -0.3 is 10.6 Å². The van der Waals surface area contributed by atoms with Crippen molar-refractivity contribution in [3.63, 3.8) is 0 Å². The van der Waals surface area contributed by atoms with Gasteiger partial charge in [0.2, 0.25) is 0 Å². The third-order valence-electron chi connectivity index (χ3n) is 4.03. The van der Waals surface area contributed by atoms with Crippen molar-refractivity contribution in [3.8, 4) is 0 Å². The lowest BCUT2D eigenvalue weighted by atomic mass is 9.71. The van der Waals surface area contributed by atoms with Crippen molar-refractivity contribution in [2.45, 2.75) is 56.1 Å². The van der Waals surface area contributed by atoms with Gasteiger partial charge in [-0.1, -0.05) is 12.8 Å². The summed E-state index contributed by atoms with van der Waals surface area (Å²) in [6, 6.07) is 1.30. The van der Waals surface area contributed by atoms with Gasteiger partial charge in [0.15, 0.2) is 0 Å². The summed E-state index contributed by atoms with van der Waals surface area (Å²) >= 11 is 0. The Bertz CT molecular complexity index is 256. The first kappa shape index (κ1) is 8.86. The summed E-state index contributed by atoms with van der Waals surface area (Å²) in [6.45, 7) is 1.000. The van der Waals surface area contributed by atoms with Gasteiger partial charge in [0.1, 0.15) is 5.78 Å². The first-order valence-corrected chi connectivity index (χ1v) is 5.80. The summed E-state index contributed by atoms with van der Waals surface area (Å²) in [5, 5.41) is 7.33. The van der Waals surface area contributed by atoms with Gasteiger partial charge in [-0.05, 0) is 12.8 Å². The molecule has 1 spiro atoms. The fourth-order valence-electron chi connectivity index (χ4n) is 3.25. The third kappa shape index (κ3) is 1.30. The molecule has 3 rings (SSSR count). The molecule has 3 heteroatoms. The van der Waals surface area contributed by atoms with E-state index in [1.165, 1.54) is 25.7 Å². The maximum absolute atomic E-state index is 11.1. The molecular weight excluding hydrogens is 176 g/mol. The van der Waals surface area contributed by atoms with E-state index in [2.05, 4.69) is 10.6 Å². The monoisotopic (exact) mass is 194 g/mol. The van der Waals surface area contributed by atoms with Crippen LogP contribution in [0.25, 0.3) is 0 Å². The van der Waals surface area contributed by atoms with Crippen LogP contribution in [0, 0.1) is 0 Å². The minimum absolute atomic E-state index is 0.148. The summed E-state index contributed by atoms with van der Waals surface area (Å²) in [5.41, 5.74) is 0.148. The lowest BCUT2D eigenvalue weighted by Crippen LogP contribution is -2.72. The van der Waals surface area contributed by atoms with Gasteiger partial charge in [-0.15, -0.1) is 0 Å². The van der Waals surface area contributed by atoms with Crippen LogP contribution in [0.4, 0.5) is 0 Å². The van der Waals surface area contributed by atoms with Gasteiger partial charge in [0, 0.05) is 37.0 Å². The standard InChI is InChI=1S/C11H18N2O/c14-8-5-11(6-8)7-12-9-3-1-2-4-10(9)13-11/h9-10,12-13H,1-7H2/t9-,10-/m1/s1. The lowest BCUT2D eigenvalue weighted by molar-refractivity contribution is -0.130. The Labute approximate surface area is 84.6 Å². The summed E-state index contributed by atoms with van der Waals surface area (Å²) < 4.78 is 0. The maximum atomic E-state index is 11.1. The van der Waals surface area contributed by atoms with Crippen LogP contribution in [0.5, 0.6) is 0 Å². The van der Waals surface area contributed by atoms with E-state index >= 15 is 0 Å². The molecule has 2 aliphatic carbocycles. The summed E-state index contributed by atoms with van der Waals surface area (Å²) in [5.74, 6) is 0.425. The van der Waals surface area contributed by atoms with Crippen molar-refractivity contribution in [3.05, 3.63) is 0 Å². The Kier molecular flexibility index (Phi) is 1.92. The summed E-state index contributed by atoms with van der Waals surface area (Å²) in [4.78, 5) is 11.1. The summed E-state index contributed by atoms with van der Waals surface area (Å²) in [6.07, 6.45) is 6.81. The van der Waals surface area contributed by atoms with Crippen LogP contribution in [0.3, 0.4) is 0 Å². The minimum Gasteiger partial charge on any atom is -0.311 e. The number of hydrogen-bond donors (Lipinski definition) is 2. The normalized spacial score (nSPS) is 40.4. The fraction of sp³-hybridized carbons (Fsp3) is 0.909. The molecular formula is C11H18N2O. The number of ketones is 1. The first-order chi connectivity index (χ1) is 6.77. The second-order valence-electron chi connectivity index (χ2n) is 5.20. The van der Waals surface area contributed by atoms with Crippen LogP contribution in [0.2, 0.25) is 0 Å². The van der Waals surface area contributed by atoms with Crippen molar-refractivity contribution < 1.29 is 4.79 Å². The Morgan fingerprint density at radius 1 is 1.14 bits per heavy atom. The Hall–Kier alpha value is -0.410. The van der Waals surface area contributed by atoms with Crippen LogP contribution in [0.1, 0.15) is 38.5 Å². The van der Waals surface area contributed by atoms with Crippen molar-refractivity contribution in [1.29, 1.82) is 0 Å². The van der Waals surface area contributed by atoms with E-state index in [1.807, 2.05) is 0 Å². The van der Waals surface area contributed by atoms with E-state index in [0.29, 0.717) is 17.9 Å². The molecule has 2 saturated carbocycles. The first-order valence-electron chi connectivity index (χ1n) is 5.80. The third-order valence-corrected chi connectivity index (χ3v) is 4.03. The lowest BCUT2D eigenvalue weighted by Gasteiger charge is -2.52. The number of rotatable bonds is 0. The van der Waals surface area contributed by atoms with E-state index in [0.717, 1.165) is 19.4 Å². The molecule has 1 aliphatic heterocycles. The number of carbonyl (C=O) groups excluding carboxylic acids is 1. The van der Waals surface area contributed by atoms with Crippen molar-refractivity contribution in [1.82, 2.24) is 10.6 Å². The Balaban J connectivity index is 1.68. The maximum Gasteiger partial charge on any atom is 0.136 e. The molecule has 0 aromatic heterocycles. The van der Waals surface area contributed by atoms with Crippen molar-refractivity contribution in [2.24, 2.45) is 0 Å². The second-order valence-corrected chi connectivity index (χ2v) is 5.20. The molecule has 78 valence electrons. The number of Topliss-reactive ketones (excluding diaryl/α,β-unsaturated/α-hetero) is 1. The van der Waals surface area contributed by atoms with Gasteiger partial charge in [-0.3, -0.25) is 4.79 Å². The van der Waals surface area contributed by atoms with Crippen LogP contribution < -0.4 is 10.6 Å². The number of fused-ring (bicyclic) bond motifs is 1. The molecule has 3 aliphatic rings. The highest BCUT2D eigenvalue weighted by molar-refractivity contribution is 5.87. The van der Waals surface area contributed by atoms with Crippen LogP contribution in [-0.4, -0.2) is 30.0 Å². The molecule has 1 saturated heterocycles. The van der Waals surface area contributed by atoms with Crippen LogP contribution in [-0.2, 0) is 4.79 Å². The molecule has 0 aromatic rings. The zero-order valence-electron chi connectivity index (χ0n) is 8.51. The smallest absolute Gasteiger partial charge is 0.136 e. The Morgan fingerprint density at radius 2 is 1.86 bits per heavy atom. The van der Waals surface area contributed by atoms with Gasteiger partial charge in [0.05, 0.1) is 0 Å². The van der Waals surface area contributed by atoms with E-state index in [4.69, 9.17) is 0 Å². The molecule has 3 nitrogen and oxygen atoms in total. The predicted octanol–water partition coefficient (Wildman–Crippen LogP) is 0.592. The van der Waals surface area contributed by atoms with Crippen molar-refractivity contribution in [2.75, 3.05) is 6.54 Å². The quantitative estimate of drug-likeness (QED) is 0.593. The molecule has 14 heavy (non-hydrogen) atoms. The largest absolute Gasteiger partial charge is 0.311 e. The van der Waals surface area contributed by atoms with E-state index < -0.39 is 0 Å². The predicted molar refractivity (Wildman–Crippen MR) is 54.2 cm³/mol. The zero-order chi connectivity index (χ0) is 9.60. The average molecular weight is 194 g/mol. The SMILES string of the molecule is O=C1CC2(CN[C@@H]3CCCC[C@H]3N2)C1. The second kappa shape index (κ2) is 3.04. The zero-order valence-corrected chi connectivity index (χ0v) is 8.51. The van der Waals surface area contributed by atoms with E-state index in [9.17, 15) is 4.79 Å². The number of piperazine rings is 1. The van der Waals surface area contributed by atoms with Gasteiger partial charge in [0.25, 0.3) is 0 Å². The molecule has 2 N–H and O–H groups in total. The van der Waals surface area contributed by atoms with Crippen LogP contribution in [0.15, 0.2) is 0 Å². The van der Waals surface area contributed by atoms with Gasteiger partial charge in [-0.25, -0.2) is 0 Å². The molecule has 0 aromatic carbocycles. The Morgan fingerprint density at radius 3 is 2.57 bits per heavy atom. The highest BCUT2D eigenvalue weighted by atomic mass is 16.1. The fourth-order valence-corrected chi connectivity index (χ4v) is 3.25. The molecule has 1 heterocycles. The molecule has 0 unspecified atom stereocenters. The molecule has 0 amide bonds. The number of carbonyl (C=O) groups is 1. The van der Waals surface area contributed by atoms with Gasteiger partial charge >= 0.3 is 0 Å². The topological polar surface area (TPSA) is 41.1 Å². The van der Waals surface area contributed by atoms with E-state index in [1.54, 1.807) is 0 Å². The molecule has 0 bridgehead atoms. The molecule has 0 radical (unpaired) electrons. The average Bonchev–Trinajstić information content (AvgIpc) is 2.16. The van der Waals surface area contributed by atoms with E-state index in [-0.39, 0.29) is 5.54 Å². The number of nitrogens with one attached hydrogen (secondary N) is 2. The highest BCUT2D eigenvalue weighted by Gasteiger charge is 2.48. The molecule has 3 fully saturated rings. The van der Waals surface area contributed by atoms with Gasteiger partial charge in [-0.2, -0.15) is 0 Å².